The topological polar surface area (TPSA) is 92.0 Å². The molecule has 1 aromatic heterocycles. The lowest BCUT2D eigenvalue weighted by Gasteiger charge is -2.19. The van der Waals surface area contributed by atoms with Crippen molar-refractivity contribution in [1.29, 1.82) is 0 Å². The highest BCUT2D eigenvalue weighted by Gasteiger charge is 2.21. The molecule has 3 aromatic rings. The summed E-state index contributed by atoms with van der Waals surface area (Å²) in [7, 11) is 1.52. The maximum Gasteiger partial charge on any atom is 0.347 e. The third kappa shape index (κ3) is 6.46. The zero-order chi connectivity index (χ0) is 27.1. The number of hydrogen-bond acceptors (Lipinski definition) is 7. The summed E-state index contributed by atoms with van der Waals surface area (Å²) < 4.78 is 18.7. The second-order valence-electron chi connectivity index (χ2n) is 8.52. The van der Waals surface area contributed by atoms with E-state index in [2.05, 4.69) is 27.6 Å². The lowest BCUT2D eigenvalue weighted by molar-refractivity contribution is -0.150. The normalized spacial score (nSPS) is 12.9. The first-order valence-electron chi connectivity index (χ1n) is 12.2. The lowest BCUT2D eigenvalue weighted by Crippen LogP contribution is -2.26. The summed E-state index contributed by atoms with van der Waals surface area (Å²) >= 11 is 3.43. The van der Waals surface area contributed by atoms with Gasteiger partial charge < -0.3 is 14.2 Å². The molecule has 0 saturated carbocycles. The summed E-state index contributed by atoms with van der Waals surface area (Å²) in [5, 5.41) is 5.02. The quantitative estimate of drug-likeness (QED) is 0.169. The fourth-order valence-corrected chi connectivity index (χ4v) is 4.10. The molecule has 2 aromatic carbocycles. The zero-order valence-electron chi connectivity index (χ0n) is 21.8. The first kappa shape index (κ1) is 28.1. The first-order valence-corrected chi connectivity index (χ1v) is 12.9. The van der Waals surface area contributed by atoms with E-state index in [1.165, 1.54) is 11.8 Å². The molecule has 0 amide bonds. The van der Waals surface area contributed by atoms with E-state index in [-0.39, 0.29) is 18.1 Å². The number of methoxy groups -OCH3 is 1. The summed E-state index contributed by atoms with van der Waals surface area (Å²) in [5.41, 5.74) is 1.81. The van der Waals surface area contributed by atoms with Crippen LogP contribution in [0.4, 0.5) is 0 Å². The molecular formula is C28H32BrN3O5. The van der Waals surface area contributed by atoms with Gasteiger partial charge in [0.2, 0.25) is 0 Å². The number of carbonyl (C=O) groups excluding carboxylic acids is 1. The van der Waals surface area contributed by atoms with E-state index < -0.39 is 12.1 Å². The minimum absolute atomic E-state index is 0.0175. The van der Waals surface area contributed by atoms with Crippen LogP contribution in [0, 0.1) is 0 Å². The number of hydrogen-bond donors (Lipinski definition) is 0. The summed E-state index contributed by atoms with van der Waals surface area (Å²) in [4.78, 5) is 30.3. The number of fused-ring (bicyclic) bond motifs is 1. The van der Waals surface area contributed by atoms with E-state index in [4.69, 9.17) is 19.2 Å². The Kier molecular flexibility index (Phi) is 9.63. The third-order valence-electron chi connectivity index (χ3n) is 5.86. The van der Waals surface area contributed by atoms with Crippen LogP contribution in [0.2, 0.25) is 0 Å². The number of halogens is 1. The smallest absolute Gasteiger partial charge is 0.347 e. The largest absolute Gasteiger partial charge is 0.493 e. The van der Waals surface area contributed by atoms with Crippen molar-refractivity contribution in [2.24, 2.45) is 5.10 Å². The van der Waals surface area contributed by atoms with Gasteiger partial charge in [0.05, 0.1) is 30.8 Å². The second-order valence-corrected chi connectivity index (χ2v) is 9.43. The standard InChI is InChI=1S/C28H32BrN3O5/c1-7-10-20-13-19(14-24(35-6)25(20)37-18(5)28(34)36-9-3)16-30-32-26(17(4)8-2)31-23-12-11-21(29)15-22(23)27(32)33/h7,11-18H,1,8-10H2,2-6H3/t17-,18+/m0/s1. The van der Waals surface area contributed by atoms with Crippen molar-refractivity contribution in [1.82, 2.24) is 9.66 Å². The predicted molar refractivity (Wildman–Crippen MR) is 149 cm³/mol. The van der Waals surface area contributed by atoms with Gasteiger partial charge in [-0.15, -0.1) is 6.58 Å². The monoisotopic (exact) mass is 569 g/mol. The van der Waals surface area contributed by atoms with Crippen LogP contribution in [0.1, 0.15) is 57.0 Å². The van der Waals surface area contributed by atoms with Crippen molar-refractivity contribution in [3.05, 3.63) is 74.8 Å². The Hall–Kier alpha value is -3.46. The highest BCUT2D eigenvalue weighted by Crippen LogP contribution is 2.34. The van der Waals surface area contributed by atoms with Crippen molar-refractivity contribution in [3.8, 4) is 11.5 Å². The van der Waals surface area contributed by atoms with Crippen LogP contribution in [0.15, 0.2) is 57.4 Å². The van der Waals surface area contributed by atoms with Crippen LogP contribution < -0.4 is 15.0 Å². The molecule has 0 aliphatic carbocycles. The highest BCUT2D eigenvalue weighted by atomic mass is 79.9. The van der Waals surface area contributed by atoms with Gasteiger partial charge in [-0.2, -0.15) is 9.78 Å². The summed E-state index contributed by atoms with van der Waals surface area (Å²) in [6.45, 7) is 11.5. The van der Waals surface area contributed by atoms with E-state index in [9.17, 15) is 9.59 Å². The van der Waals surface area contributed by atoms with Crippen molar-refractivity contribution in [2.75, 3.05) is 13.7 Å². The average molecular weight is 570 g/mol. The number of nitrogens with zero attached hydrogens (tertiary/aromatic N) is 3. The van der Waals surface area contributed by atoms with Crippen LogP contribution in [0.5, 0.6) is 11.5 Å². The van der Waals surface area contributed by atoms with Gasteiger partial charge in [-0.05, 0) is 62.6 Å². The minimum atomic E-state index is -0.823. The van der Waals surface area contributed by atoms with Crippen LogP contribution >= 0.6 is 15.9 Å². The number of allylic oxidation sites excluding steroid dienone is 1. The van der Waals surface area contributed by atoms with Crippen LogP contribution in [-0.2, 0) is 16.0 Å². The van der Waals surface area contributed by atoms with E-state index in [0.29, 0.717) is 40.2 Å². The number of esters is 1. The van der Waals surface area contributed by atoms with Crippen molar-refractivity contribution >= 4 is 39.0 Å². The fraction of sp³-hybridized carbons (Fsp3) is 0.357. The van der Waals surface area contributed by atoms with E-state index in [0.717, 1.165) is 16.5 Å². The van der Waals surface area contributed by atoms with Crippen LogP contribution in [-0.4, -0.2) is 41.7 Å². The molecule has 0 spiro atoms. The van der Waals surface area contributed by atoms with Crippen molar-refractivity contribution in [3.63, 3.8) is 0 Å². The molecular weight excluding hydrogens is 538 g/mol. The Morgan fingerprint density at radius 2 is 2.00 bits per heavy atom. The molecule has 196 valence electrons. The molecule has 9 heteroatoms. The van der Waals surface area contributed by atoms with E-state index in [1.807, 2.05) is 32.0 Å². The average Bonchev–Trinajstić information content (AvgIpc) is 2.89. The predicted octanol–water partition coefficient (Wildman–Crippen LogP) is 5.62. The summed E-state index contributed by atoms with van der Waals surface area (Å²) in [5.74, 6) is 0.984. The molecule has 1 heterocycles. The molecule has 8 nitrogen and oxygen atoms in total. The molecule has 37 heavy (non-hydrogen) atoms. The molecule has 0 bridgehead atoms. The molecule has 2 atom stereocenters. The van der Waals surface area contributed by atoms with Crippen LogP contribution in [0.3, 0.4) is 0 Å². The Bertz CT molecular complexity index is 1380. The fourth-order valence-electron chi connectivity index (χ4n) is 3.74. The second kappa shape index (κ2) is 12.7. The molecule has 0 aliphatic rings. The highest BCUT2D eigenvalue weighted by molar-refractivity contribution is 9.10. The SMILES string of the molecule is C=CCc1cc(C=Nn2c([C@@H](C)CC)nc3ccc(Br)cc3c2=O)cc(OC)c1O[C@H](C)C(=O)OCC. The maximum atomic E-state index is 13.4. The third-order valence-corrected chi connectivity index (χ3v) is 6.35. The Balaban J connectivity index is 2.10. The van der Waals surface area contributed by atoms with Crippen LogP contribution in [0.25, 0.3) is 10.9 Å². The van der Waals surface area contributed by atoms with Crippen molar-refractivity contribution in [2.45, 2.75) is 52.6 Å². The first-order chi connectivity index (χ1) is 17.7. The van der Waals surface area contributed by atoms with Gasteiger partial charge in [0.1, 0.15) is 5.82 Å². The number of aromatic nitrogens is 2. The minimum Gasteiger partial charge on any atom is -0.493 e. The van der Waals surface area contributed by atoms with Gasteiger partial charge in [-0.3, -0.25) is 4.79 Å². The van der Waals surface area contributed by atoms with Gasteiger partial charge in [0, 0.05) is 16.0 Å². The van der Waals surface area contributed by atoms with Gasteiger partial charge >= 0.3 is 5.97 Å². The maximum absolute atomic E-state index is 13.4. The number of rotatable bonds is 11. The number of benzene rings is 2. The molecule has 0 aliphatic heterocycles. The summed E-state index contributed by atoms with van der Waals surface area (Å²) in [6.07, 6.45) is 3.76. The molecule has 0 saturated heterocycles. The van der Waals surface area contributed by atoms with Gasteiger partial charge in [0.15, 0.2) is 17.6 Å². The number of ether oxygens (including phenoxy) is 3. The van der Waals surface area contributed by atoms with Crippen molar-refractivity contribution < 1.29 is 19.0 Å². The van der Waals surface area contributed by atoms with E-state index >= 15 is 0 Å². The summed E-state index contributed by atoms with van der Waals surface area (Å²) in [6, 6.07) is 9.03. The molecule has 0 fully saturated rings. The Morgan fingerprint density at radius 1 is 1.24 bits per heavy atom. The molecule has 0 N–H and O–H groups in total. The van der Waals surface area contributed by atoms with E-state index in [1.54, 1.807) is 38.3 Å². The zero-order valence-corrected chi connectivity index (χ0v) is 23.4. The Morgan fingerprint density at radius 3 is 2.65 bits per heavy atom. The van der Waals surface area contributed by atoms with Gasteiger partial charge in [0.25, 0.3) is 5.56 Å². The van der Waals surface area contributed by atoms with Gasteiger partial charge in [-0.1, -0.05) is 35.9 Å². The lowest BCUT2D eigenvalue weighted by atomic mass is 10.1. The Labute approximate surface area is 225 Å². The number of carbonyl (C=O) groups is 1. The molecule has 3 rings (SSSR count). The molecule has 0 unspecified atom stereocenters. The molecule has 0 radical (unpaired) electrons. The van der Waals surface area contributed by atoms with Gasteiger partial charge in [-0.25, -0.2) is 9.78 Å².